The second-order valence-electron chi connectivity index (χ2n) is 4.76. The van der Waals surface area contributed by atoms with Gasteiger partial charge in [0.15, 0.2) is 10.8 Å². The number of hydrogen-bond donors (Lipinski definition) is 6. The summed E-state index contributed by atoms with van der Waals surface area (Å²) in [6.45, 7) is -0.920. The zero-order valence-corrected chi connectivity index (χ0v) is 13.1. The lowest BCUT2D eigenvalue weighted by atomic mass is 10.0. The predicted molar refractivity (Wildman–Crippen MR) is 72.7 cm³/mol. The molecule has 1 rings (SSSR count). The molecule has 6 N–H and O–H groups in total. The second-order valence-corrected chi connectivity index (χ2v) is 8.51. The summed E-state index contributed by atoms with van der Waals surface area (Å²) in [6.07, 6.45) is 1.91. The fourth-order valence-corrected chi connectivity index (χ4v) is 3.91. The maximum atomic E-state index is 11.7. The Hall–Kier alpha value is -1.55. The molecule has 0 fully saturated rings. The summed E-state index contributed by atoms with van der Waals surface area (Å²) in [4.78, 5) is 63.1. The second kappa shape index (κ2) is 6.52. The Balaban J connectivity index is 3.44. The van der Waals surface area contributed by atoms with Crippen molar-refractivity contribution < 1.29 is 48.5 Å². The summed E-state index contributed by atoms with van der Waals surface area (Å²) in [7, 11) is -10.9. The van der Waals surface area contributed by atoms with Crippen LogP contribution in [0.3, 0.4) is 0 Å². The molecule has 2 atom stereocenters. The third kappa shape index (κ3) is 4.25. The normalized spacial score (nSPS) is 16.5. The lowest BCUT2D eigenvalue weighted by molar-refractivity contribution is -0.142. The smallest absolute Gasteiger partial charge is 0.344 e. The topological polar surface area (TPSA) is 207 Å². The third-order valence-electron chi connectivity index (χ3n) is 3.18. The summed E-state index contributed by atoms with van der Waals surface area (Å²) in [5.74, 6) is -4.15. The molecule has 0 saturated carbocycles. The van der Waals surface area contributed by atoms with Crippen molar-refractivity contribution in [2.24, 2.45) is 0 Å². The molecule has 0 amide bonds. The van der Waals surface area contributed by atoms with E-state index >= 15 is 0 Å². The Morgan fingerprint density at radius 2 is 1.74 bits per heavy atom. The Morgan fingerprint density at radius 1 is 1.17 bits per heavy atom. The molecular weight excluding hydrogens is 358 g/mol. The number of carboxylic acid groups (broad SMARTS) is 2. The molecule has 130 valence electrons. The van der Waals surface area contributed by atoms with Crippen LogP contribution in [0.5, 0.6) is 0 Å². The van der Waals surface area contributed by atoms with E-state index in [0.29, 0.717) is 0 Å². The van der Waals surface area contributed by atoms with Crippen molar-refractivity contribution in [1.82, 2.24) is 9.55 Å². The van der Waals surface area contributed by atoms with Gasteiger partial charge < -0.3 is 34.4 Å². The van der Waals surface area contributed by atoms with Gasteiger partial charge in [0.1, 0.15) is 0 Å². The number of rotatable bonds is 8. The first kappa shape index (κ1) is 19.5. The van der Waals surface area contributed by atoms with Crippen LogP contribution in [0, 0.1) is 0 Å². The highest BCUT2D eigenvalue weighted by atomic mass is 31.2. The lowest BCUT2D eigenvalue weighted by Crippen LogP contribution is -2.46. The van der Waals surface area contributed by atoms with E-state index in [1.807, 2.05) is 0 Å². The van der Waals surface area contributed by atoms with Crippen LogP contribution >= 0.6 is 15.2 Å². The van der Waals surface area contributed by atoms with Gasteiger partial charge in [-0.1, -0.05) is 0 Å². The molecule has 0 aliphatic carbocycles. The molecule has 14 heteroatoms. The van der Waals surface area contributed by atoms with Crippen molar-refractivity contribution in [2.45, 2.75) is 23.8 Å². The number of carbonyl (C=O) groups is 2. The number of aliphatic carboxylic acids is 2. The van der Waals surface area contributed by atoms with E-state index in [1.165, 1.54) is 12.4 Å². The van der Waals surface area contributed by atoms with E-state index in [4.69, 9.17) is 14.9 Å². The van der Waals surface area contributed by atoms with Crippen LogP contribution in [0.2, 0.25) is 0 Å². The highest BCUT2D eigenvalue weighted by Crippen LogP contribution is 2.58. The summed E-state index contributed by atoms with van der Waals surface area (Å²) in [6, 6.07) is 0. The molecule has 0 aliphatic rings. The summed E-state index contributed by atoms with van der Waals surface area (Å²) in [5.41, 5.74) is -2.59. The number of aromatic nitrogens is 2. The Morgan fingerprint density at radius 3 is 2.04 bits per heavy atom. The minimum Gasteiger partial charge on any atom is -0.481 e. The van der Waals surface area contributed by atoms with Crippen LogP contribution in [-0.4, -0.2) is 62.1 Å². The first-order valence-electron chi connectivity index (χ1n) is 5.84. The largest absolute Gasteiger partial charge is 0.481 e. The molecule has 1 heterocycles. The molecule has 0 spiro atoms. The van der Waals surface area contributed by atoms with Gasteiger partial charge in [-0.05, 0) is 0 Å². The molecule has 0 bridgehead atoms. The van der Waals surface area contributed by atoms with Crippen LogP contribution in [-0.2, 0) is 25.3 Å². The maximum absolute atomic E-state index is 11.7. The molecule has 0 aromatic carbocycles. The van der Waals surface area contributed by atoms with Crippen LogP contribution in [0.25, 0.3) is 0 Å². The Labute approximate surface area is 128 Å². The summed E-state index contributed by atoms with van der Waals surface area (Å²) >= 11 is 0. The van der Waals surface area contributed by atoms with Crippen LogP contribution < -0.4 is 0 Å². The average molecular weight is 372 g/mol. The first-order valence-corrected chi connectivity index (χ1v) is 9.13. The number of hydrogen-bond acceptors (Lipinski definition) is 5. The first-order chi connectivity index (χ1) is 10.3. The zero-order chi connectivity index (χ0) is 18.1. The summed E-state index contributed by atoms with van der Waals surface area (Å²) in [5, 5.41) is 15.1. The fourth-order valence-electron chi connectivity index (χ4n) is 1.91. The molecule has 1 aromatic rings. The van der Waals surface area contributed by atoms with Crippen LogP contribution in [0.4, 0.5) is 0 Å². The van der Waals surface area contributed by atoms with E-state index in [2.05, 4.69) is 4.98 Å². The van der Waals surface area contributed by atoms with Gasteiger partial charge >= 0.3 is 27.1 Å². The molecular formula is C9H14N2O10P2. The van der Waals surface area contributed by atoms with Gasteiger partial charge in [0.2, 0.25) is 0 Å². The lowest BCUT2D eigenvalue weighted by Gasteiger charge is -2.32. The van der Waals surface area contributed by atoms with Gasteiger partial charge in [-0.3, -0.25) is 18.7 Å². The molecule has 12 nitrogen and oxygen atoms in total. The van der Waals surface area contributed by atoms with E-state index in [1.54, 1.807) is 0 Å². The van der Waals surface area contributed by atoms with Crippen molar-refractivity contribution in [3.05, 3.63) is 18.7 Å². The average Bonchev–Trinajstić information content (AvgIpc) is 2.82. The van der Waals surface area contributed by atoms with E-state index in [-0.39, 0.29) is 0 Å². The molecule has 1 aromatic heterocycles. The van der Waals surface area contributed by atoms with Crippen LogP contribution in [0.1, 0.15) is 6.42 Å². The van der Waals surface area contributed by atoms with Gasteiger partial charge in [-0.25, -0.2) is 4.98 Å². The minimum absolute atomic E-state index is 0.920. The predicted octanol–water partition coefficient (Wildman–Crippen LogP) is -1.09. The van der Waals surface area contributed by atoms with Gasteiger partial charge in [0.25, 0.3) is 0 Å². The molecule has 0 aliphatic heterocycles. The number of imidazole rings is 1. The van der Waals surface area contributed by atoms with Crippen molar-refractivity contribution in [1.29, 1.82) is 0 Å². The van der Waals surface area contributed by atoms with Crippen molar-refractivity contribution >= 4 is 27.1 Å². The van der Waals surface area contributed by atoms with E-state index < -0.39 is 50.9 Å². The Bertz CT molecular complexity index is 677. The summed E-state index contributed by atoms with van der Waals surface area (Å²) < 4.78 is 24.0. The van der Waals surface area contributed by atoms with E-state index in [9.17, 15) is 33.6 Å². The number of carboxylic acids is 2. The van der Waals surface area contributed by atoms with Crippen molar-refractivity contribution in [2.75, 3.05) is 0 Å². The highest BCUT2D eigenvalue weighted by molar-refractivity contribution is 7.55. The molecule has 2 unspecified atom stereocenters. The molecule has 0 saturated heterocycles. The number of nitrogens with zero attached hydrogens (tertiary/aromatic N) is 2. The third-order valence-corrected chi connectivity index (χ3v) is 6.03. The van der Waals surface area contributed by atoms with Gasteiger partial charge in [0.05, 0.1) is 12.9 Å². The fraction of sp³-hybridized carbons (Fsp3) is 0.444. The van der Waals surface area contributed by atoms with Gasteiger partial charge in [-0.15, -0.1) is 0 Å². The SMILES string of the molecule is O=C(O)C(CC(Cn1ccnc1)(C(=O)O)P(=O)(O)O)P(=O)(O)O. The minimum atomic E-state index is -5.52. The highest BCUT2D eigenvalue weighted by Gasteiger charge is 2.58. The quantitative estimate of drug-likeness (QED) is 0.302. The van der Waals surface area contributed by atoms with Gasteiger partial charge in [0, 0.05) is 18.8 Å². The monoisotopic (exact) mass is 372 g/mol. The van der Waals surface area contributed by atoms with Crippen molar-refractivity contribution in [3.8, 4) is 0 Å². The van der Waals surface area contributed by atoms with Crippen LogP contribution in [0.15, 0.2) is 18.7 Å². The van der Waals surface area contributed by atoms with Gasteiger partial charge in [-0.2, -0.15) is 0 Å². The van der Waals surface area contributed by atoms with Crippen molar-refractivity contribution in [3.63, 3.8) is 0 Å². The standard InChI is InChI=1S/C9H14N2O10P2/c12-7(13)6(22(16,17)18)3-9(8(14)15,23(19,20)21)4-11-2-1-10-5-11/h1-2,5-6H,3-4H2,(H,12,13)(H,14,15)(H2,16,17,18)(H2,19,20,21). The maximum Gasteiger partial charge on any atom is 0.344 e. The molecule has 0 radical (unpaired) electrons. The molecule has 23 heavy (non-hydrogen) atoms. The zero-order valence-electron chi connectivity index (χ0n) is 11.3. The Kier molecular flexibility index (Phi) is 5.53. The van der Waals surface area contributed by atoms with E-state index in [0.717, 1.165) is 10.9 Å².